The van der Waals surface area contributed by atoms with Crippen molar-refractivity contribution in [2.24, 2.45) is 5.92 Å². The molecular formula is C14H13Br3S. The molecule has 0 saturated heterocycles. The van der Waals surface area contributed by atoms with Crippen LogP contribution in [0.5, 0.6) is 0 Å². The zero-order valence-electron chi connectivity index (χ0n) is 9.70. The van der Waals surface area contributed by atoms with Crippen molar-refractivity contribution in [3.05, 3.63) is 55.1 Å². The molecule has 0 aliphatic heterocycles. The van der Waals surface area contributed by atoms with Crippen LogP contribution in [0.3, 0.4) is 0 Å². The van der Waals surface area contributed by atoms with E-state index >= 15 is 0 Å². The van der Waals surface area contributed by atoms with E-state index in [1.54, 1.807) is 0 Å². The minimum Gasteiger partial charge on any atom is -0.148 e. The van der Waals surface area contributed by atoms with Crippen molar-refractivity contribution in [2.75, 3.05) is 5.33 Å². The zero-order chi connectivity index (χ0) is 13.0. The first-order chi connectivity index (χ1) is 8.67. The molecule has 1 aromatic carbocycles. The Morgan fingerprint density at radius 2 is 1.89 bits per heavy atom. The highest BCUT2D eigenvalue weighted by Gasteiger charge is 2.11. The monoisotopic (exact) mass is 450 g/mol. The maximum Gasteiger partial charge on any atom is 0.0285 e. The summed E-state index contributed by atoms with van der Waals surface area (Å²) >= 11 is 12.5. The first kappa shape index (κ1) is 14.8. The summed E-state index contributed by atoms with van der Waals surface area (Å²) in [5.74, 6) is 0.643. The van der Waals surface area contributed by atoms with Gasteiger partial charge in [-0.1, -0.05) is 44.0 Å². The summed E-state index contributed by atoms with van der Waals surface area (Å²) in [7, 11) is 0. The number of thiophene rings is 1. The van der Waals surface area contributed by atoms with Crippen LogP contribution in [0, 0.1) is 5.92 Å². The summed E-state index contributed by atoms with van der Waals surface area (Å²) < 4.78 is 2.35. The van der Waals surface area contributed by atoms with E-state index < -0.39 is 0 Å². The van der Waals surface area contributed by atoms with Gasteiger partial charge in [0.2, 0.25) is 0 Å². The molecule has 0 spiro atoms. The normalized spacial score (nSPS) is 12.6. The minimum absolute atomic E-state index is 0.643. The number of hydrogen-bond acceptors (Lipinski definition) is 1. The molecule has 1 heterocycles. The second kappa shape index (κ2) is 7.22. The van der Waals surface area contributed by atoms with Crippen LogP contribution in [0.15, 0.2) is 44.7 Å². The lowest BCUT2D eigenvalue weighted by molar-refractivity contribution is 0.596. The van der Waals surface area contributed by atoms with E-state index in [4.69, 9.17) is 0 Å². The number of alkyl halides is 1. The molecule has 0 radical (unpaired) electrons. The summed E-state index contributed by atoms with van der Waals surface area (Å²) in [5.41, 5.74) is 1.39. The van der Waals surface area contributed by atoms with Crippen LogP contribution in [0.1, 0.15) is 10.4 Å². The first-order valence-electron chi connectivity index (χ1n) is 5.70. The van der Waals surface area contributed by atoms with Gasteiger partial charge in [0, 0.05) is 24.5 Å². The van der Waals surface area contributed by atoms with Gasteiger partial charge < -0.3 is 0 Å². The van der Waals surface area contributed by atoms with Gasteiger partial charge >= 0.3 is 0 Å². The highest BCUT2D eigenvalue weighted by atomic mass is 79.9. The summed E-state index contributed by atoms with van der Waals surface area (Å²) in [4.78, 5) is 1.45. The van der Waals surface area contributed by atoms with Crippen LogP contribution in [0.4, 0.5) is 0 Å². The first-order valence-corrected chi connectivity index (χ1v) is 9.29. The Kier molecular flexibility index (Phi) is 5.93. The van der Waals surface area contributed by atoms with Crippen molar-refractivity contribution in [3.8, 4) is 0 Å². The van der Waals surface area contributed by atoms with Crippen LogP contribution >= 0.6 is 59.1 Å². The standard InChI is InChI=1S/C14H13Br3S/c15-8-11(6-14-7-13(17)9-18-14)4-10-2-1-3-12(16)5-10/h1-3,5,7,9,11H,4,6,8H2. The average molecular weight is 453 g/mol. The fraction of sp³-hybridized carbons (Fsp3) is 0.286. The summed E-state index contributed by atoms with van der Waals surface area (Å²) in [6.07, 6.45) is 2.24. The summed E-state index contributed by atoms with van der Waals surface area (Å²) in [6, 6.07) is 10.8. The van der Waals surface area contributed by atoms with Crippen molar-refractivity contribution < 1.29 is 0 Å². The number of halogens is 3. The largest absolute Gasteiger partial charge is 0.148 e. The quantitative estimate of drug-likeness (QED) is 0.483. The van der Waals surface area contributed by atoms with E-state index in [1.807, 2.05) is 11.3 Å². The number of hydrogen-bond donors (Lipinski definition) is 0. The Morgan fingerprint density at radius 3 is 2.50 bits per heavy atom. The molecule has 0 fully saturated rings. The second-order valence-corrected chi connectivity index (χ2v) is 7.76. The Morgan fingerprint density at radius 1 is 1.06 bits per heavy atom. The van der Waals surface area contributed by atoms with Crippen molar-refractivity contribution in [2.45, 2.75) is 12.8 Å². The third kappa shape index (κ3) is 4.48. The van der Waals surface area contributed by atoms with Crippen molar-refractivity contribution >= 4 is 59.1 Å². The van der Waals surface area contributed by atoms with E-state index in [1.165, 1.54) is 14.9 Å². The fourth-order valence-electron chi connectivity index (χ4n) is 1.92. The Bertz CT molecular complexity index is 507. The van der Waals surface area contributed by atoms with Crippen molar-refractivity contribution in [1.29, 1.82) is 0 Å². The molecule has 0 N–H and O–H groups in total. The zero-order valence-corrected chi connectivity index (χ0v) is 15.3. The predicted molar refractivity (Wildman–Crippen MR) is 90.9 cm³/mol. The molecule has 1 aromatic heterocycles. The van der Waals surface area contributed by atoms with Gasteiger partial charge in [0.15, 0.2) is 0 Å². The van der Waals surface area contributed by atoms with E-state index in [2.05, 4.69) is 83.5 Å². The molecule has 4 heteroatoms. The van der Waals surface area contributed by atoms with Gasteiger partial charge in [-0.05, 0) is 58.5 Å². The molecule has 0 bridgehead atoms. The molecular weight excluding hydrogens is 440 g/mol. The minimum atomic E-state index is 0.643. The SMILES string of the molecule is BrCC(Cc1cccc(Br)c1)Cc1cc(Br)cs1. The van der Waals surface area contributed by atoms with E-state index in [0.717, 1.165) is 22.6 Å². The molecule has 18 heavy (non-hydrogen) atoms. The van der Waals surface area contributed by atoms with Crippen LogP contribution in [0.25, 0.3) is 0 Å². The van der Waals surface area contributed by atoms with E-state index in [0.29, 0.717) is 5.92 Å². The predicted octanol–water partition coefficient (Wildman–Crippen LogP) is 6.07. The molecule has 96 valence electrons. The van der Waals surface area contributed by atoms with Crippen LogP contribution in [-0.4, -0.2) is 5.33 Å². The van der Waals surface area contributed by atoms with Gasteiger partial charge in [0.1, 0.15) is 0 Å². The fourth-order valence-corrected chi connectivity index (χ4v) is 4.40. The van der Waals surface area contributed by atoms with Gasteiger partial charge in [-0.15, -0.1) is 11.3 Å². The molecule has 0 aliphatic rings. The van der Waals surface area contributed by atoms with E-state index in [9.17, 15) is 0 Å². The molecule has 2 aromatic rings. The van der Waals surface area contributed by atoms with Crippen LogP contribution in [-0.2, 0) is 12.8 Å². The Labute approximate surface area is 137 Å². The average Bonchev–Trinajstić information content (AvgIpc) is 2.74. The molecule has 1 unspecified atom stereocenters. The lowest BCUT2D eigenvalue weighted by Crippen LogP contribution is -2.09. The molecule has 2 rings (SSSR count). The second-order valence-electron chi connectivity index (χ2n) is 4.29. The Balaban J connectivity index is 2.01. The Hall–Kier alpha value is 0.360. The lowest BCUT2D eigenvalue weighted by Gasteiger charge is -2.13. The number of rotatable bonds is 5. The van der Waals surface area contributed by atoms with Crippen LogP contribution < -0.4 is 0 Å². The van der Waals surface area contributed by atoms with E-state index in [-0.39, 0.29) is 0 Å². The third-order valence-corrected chi connectivity index (χ3v) is 5.87. The maximum absolute atomic E-state index is 3.64. The van der Waals surface area contributed by atoms with Crippen molar-refractivity contribution in [1.82, 2.24) is 0 Å². The van der Waals surface area contributed by atoms with Gasteiger partial charge in [-0.25, -0.2) is 0 Å². The topological polar surface area (TPSA) is 0 Å². The highest BCUT2D eigenvalue weighted by molar-refractivity contribution is 9.10. The lowest BCUT2D eigenvalue weighted by atomic mass is 9.97. The van der Waals surface area contributed by atoms with Gasteiger partial charge in [-0.3, -0.25) is 0 Å². The summed E-state index contributed by atoms with van der Waals surface area (Å²) in [6.45, 7) is 0. The highest BCUT2D eigenvalue weighted by Crippen LogP contribution is 2.25. The molecule has 0 saturated carbocycles. The van der Waals surface area contributed by atoms with Gasteiger partial charge in [0.25, 0.3) is 0 Å². The molecule has 0 amide bonds. The molecule has 1 atom stereocenters. The third-order valence-electron chi connectivity index (χ3n) is 2.74. The molecule has 0 nitrogen and oxygen atoms in total. The number of benzene rings is 1. The smallest absolute Gasteiger partial charge is 0.0285 e. The van der Waals surface area contributed by atoms with Gasteiger partial charge in [0.05, 0.1) is 0 Å². The summed E-state index contributed by atoms with van der Waals surface area (Å²) in [5, 5.41) is 3.19. The molecule has 0 aliphatic carbocycles. The maximum atomic E-state index is 3.64. The van der Waals surface area contributed by atoms with Gasteiger partial charge in [-0.2, -0.15) is 0 Å². The van der Waals surface area contributed by atoms with Crippen molar-refractivity contribution in [3.63, 3.8) is 0 Å². The van der Waals surface area contributed by atoms with Crippen LogP contribution in [0.2, 0.25) is 0 Å².